The summed E-state index contributed by atoms with van der Waals surface area (Å²) in [6.45, 7) is 0. The molecule has 0 atom stereocenters. The van der Waals surface area contributed by atoms with Gasteiger partial charge in [0.25, 0.3) is 0 Å². The predicted molar refractivity (Wildman–Crippen MR) is 53.5 cm³/mol. The standard InChI is InChI=1S/C9H11BS/c10-7-1-3-8(4-2-7)11-9-5-6-9/h1-4,9H,5-6,10H2. The van der Waals surface area contributed by atoms with Gasteiger partial charge in [-0.2, -0.15) is 0 Å². The molecule has 0 aliphatic heterocycles. The number of hydrogen-bond acceptors (Lipinski definition) is 1. The van der Waals surface area contributed by atoms with E-state index in [0.717, 1.165) is 5.25 Å². The molecule has 1 aromatic carbocycles. The van der Waals surface area contributed by atoms with E-state index in [1.807, 2.05) is 11.8 Å². The van der Waals surface area contributed by atoms with Crippen LogP contribution in [-0.2, 0) is 0 Å². The monoisotopic (exact) mass is 162 g/mol. The Balaban J connectivity index is 2.06. The van der Waals surface area contributed by atoms with Gasteiger partial charge in [0.2, 0.25) is 0 Å². The van der Waals surface area contributed by atoms with Crippen molar-refractivity contribution in [2.75, 3.05) is 0 Å². The summed E-state index contributed by atoms with van der Waals surface area (Å²) in [5, 5.41) is 0.928. The van der Waals surface area contributed by atoms with E-state index in [1.54, 1.807) is 0 Å². The lowest BCUT2D eigenvalue weighted by atomic mass is 9.97. The summed E-state index contributed by atoms with van der Waals surface area (Å²) in [5.74, 6) is 0. The van der Waals surface area contributed by atoms with E-state index in [4.69, 9.17) is 0 Å². The Hall–Kier alpha value is -0.365. The summed E-state index contributed by atoms with van der Waals surface area (Å²) in [6.07, 6.45) is 2.83. The van der Waals surface area contributed by atoms with Crippen LogP contribution in [0.25, 0.3) is 0 Å². The van der Waals surface area contributed by atoms with Gasteiger partial charge in [0, 0.05) is 10.1 Å². The molecule has 1 aliphatic rings. The van der Waals surface area contributed by atoms with Crippen molar-refractivity contribution in [3.8, 4) is 0 Å². The highest BCUT2D eigenvalue weighted by Gasteiger charge is 2.21. The van der Waals surface area contributed by atoms with Crippen LogP contribution in [0.4, 0.5) is 0 Å². The largest absolute Gasteiger partial charge is 0.139 e. The topological polar surface area (TPSA) is 0 Å². The van der Waals surface area contributed by atoms with Crippen molar-refractivity contribution in [3.63, 3.8) is 0 Å². The Morgan fingerprint density at radius 2 is 1.82 bits per heavy atom. The van der Waals surface area contributed by atoms with Crippen LogP contribution in [0.5, 0.6) is 0 Å². The molecule has 1 saturated carbocycles. The molecular formula is C9H11BS. The predicted octanol–water partition coefficient (Wildman–Crippen LogP) is 1.20. The van der Waals surface area contributed by atoms with Gasteiger partial charge in [-0.05, 0) is 25.0 Å². The first-order valence-corrected chi connectivity index (χ1v) is 4.96. The lowest BCUT2D eigenvalue weighted by Crippen LogP contribution is -1.98. The third kappa shape index (κ3) is 2.03. The normalized spacial score (nSPS) is 16.7. The zero-order chi connectivity index (χ0) is 7.68. The minimum absolute atomic E-state index is 0.928. The average molecular weight is 162 g/mol. The van der Waals surface area contributed by atoms with Gasteiger partial charge in [0.15, 0.2) is 0 Å². The Kier molecular flexibility index (Phi) is 1.95. The van der Waals surface area contributed by atoms with Gasteiger partial charge in [-0.3, -0.25) is 0 Å². The van der Waals surface area contributed by atoms with Gasteiger partial charge in [0.05, 0.1) is 0 Å². The molecule has 0 unspecified atom stereocenters. The van der Waals surface area contributed by atoms with Crippen molar-refractivity contribution in [2.45, 2.75) is 23.0 Å². The first kappa shape index (κ1) is 7.29. The maximum Gasteiger partial charge on any atom is 0.139 e. The van der Waals surface area contributed by atoms with E-state index < -0.39 is 0 Å². The molecule has 2 heteroatoms. The van der Waals surface area contributed by atoms with Crippen LogP contribution in [0, 0.1) is 0 Å². The molecule has 0 aromatic heterocycles. The summed E-state index contributed by atoms with van der Waals surface area (Å²) in [4.78, 5) is 1.43. The second-order valence-corrected chi connectivity index (χ2v) is 4.50. The minimum Gasteiger partial charge on any atom is -0.123 e. The van der Waals surface area contributed by atoms with Crippen LogP contribution in [-0.4, -0.2) is 13.1 Å². The molecule has 0 bridgehead atoms. The molecule has 1 aliphatic carbocycles. The Bertz CT molecular complexity index is 238. The van der Waals surface area contributed by atoms with Gasteiger partial charge >= 0.3 is 0 Å². The van der Waals surface area contributed by atoms with Crippen molar-refractivity contribution < 1.29 is 0 Å². The smallest absolute Gasteiger partial charge is 0.123 e. The zero-order valence-corrected chi connectivity index (χ0v) is 7.53. The van der Waals surface area contributed by atoms with Crippen LogP contribution in [0.1, 0.15) is 12.8 Å². The quantitative estimate of drug-likeness (QED) is 0.589. The minimum atomic E-state index is 0.928. The summed E-state index contributed by atoms with van der Waals surface area (Å²) in [6, 6.07) is 8.81. The fraction of sp³-hybridized carbons (Fsp3) is 0.333. The Labute approximate surface area is 72.8 Å². The first-order valence-electron chi connectivity index (χ1n) is 4.08. The molecule has 1 aromatic rings. The Morgan fingerprint density at radius 3 is 2.36 bits per heavy atom. The first-order chi connectivity index (χ1) is 5.34. The van der Waals surface area contributed by atoms with Gasteiger partial charge < -0.3 is 0 Å². The fourth-order valence-corrected chi connectivity index (χ4v) is 2.05. The second-order valence-electron chi connectivity index (χ2n) is 3.13. The summed E-state index contributed by atoms with van der Waals surface area (Å²) in [7, 11) is 2.13. The second kappa shape index (κ2) is 2.94. The van der Waals surface area contributed by atoms with Gasteiger partial charge in [-0.25, -0.2) is 0 Å². The van der Waals surface area contributed by atoms with Crippen molar-refractivity contribution in [1.29, 1.82) is 0 Å². The van der Waals surface area contributed by atoms with E-state index in [-0.39, 0.29) is 0 Å². The highest BCUT2D eigenvalue weighted by Crippen LogP contribution is 2.38. The van der Waals surface area contributed by atoms with E-state index in [1.165, 1.54) is 23.2 Å². The van der Waals surface area contributed by atoms with Gasteiger partial charge in [-0.15, -0.1) is 11.8 Å². The third-order valence-electron chi connectivity index (χ3n) is 1.85. The molecule has 0 radical (unpaired) electrons. The molecule has 0 spiro atoms. The van der Waals surface area contributed by atoms with Crippen molar-refractivity contribution in [2.24, 2.45) is 0 Å². The number of thioether (sulfide) groups is 1. The molecule has 1 fully saturated rings. The number of benzene rings is 1. The number of hydrogen-bond donors (Lipinski definition) is 0. The molecule has 0 heterocycles. The highest BCUT2D eigenvalue weighted by atomic mass is 32.2. The molecule has 0 N–H and O–H groups in total. The van der Waals surface area contributed by atoms with Crippen LogP contribution in [0.2, 0.25) is 0 Å². The van der Waals surface area contributed by atoms with E-state index in [0.29, 0.717) is 0 Å². The highest BCUT2D eigenvalue weighted by molar-refractivity contribution is 8.00. The maximum atomic E-state index is 2.22. The molecular weight excluding hydrogens is 151 g/mol. The van der Waals surface area contributed by atoms with Gasteiger partial charge in [-0.1, -0.05) is 17.6 Å². The maximum absolute atomic E-state index is 2.22. The fourth-order valence-electron chi connectivity index (χ4n) is 0.995. The SMILES string of the molecule is Bc1ccc(SC2CC2)cc1. The van der Waals surface area contributed by atoms with Gasteiger partial charge in [0.1, 0.15) is 7.85 Å². The zero-order valence-electron chi connectivity index (χ0n) is 6.71. The Morgan fingerprint density at radius 1 is 1.18 bits per heavy atom. The molecule has 0 nitrogen and oxygen atoms in total. The third-order valence-corrected chi connectivity index (χ3v) is 3.20. The lowest BCUT2D eigenvalue weighted by molar-refractivity contribution is 1.43. The summed E-state index contributed by atoms with van der Waals surface area (Å²) < 4.78 is 0. The van der Waals surface area contributed by atoms with Crippen LogP contribution in [0.3, 0.4) is 0 Å². The average Bonchev–Trinajstić information content (AvgIpc) is 2.78. The van der Waals surface area contributed by atoms with E-state index in [9.17, 15) is 0 Å². The van der Waals surface area contributed by atoms with E-state index >= 15 is 0 Å². The summed E-state index contributed by atoms with van der Waals surface area (Å²) >= 11 is 2.02. The van der Waals surface area contributed by atoms with Crippen molar-refractivity contribution in [3.05, 3.63) is 24.3 Å². The molecule has 0 amide bonds. The van der Waals surface area contributed by atoms with Crippen LogP contribution in [0.15, 0.2) is 29.2 Å². The van der Waals surface area contributed by atoms with E-state index in [2.05, 4.69) is 32.1 Å². The molecule has 0 saturated heterocycles. The molecule has 2 rings (SSSR count). The van der Waals surface area contributed by atoms with Crippen LogP contribution < -0.4 is 5.46 Å². The van der Waals surface area contributed by atoms with Crippen LogP contribution >= 0.6 is 11.8 Å². The molecule has 11 heavy (non-hydrogen) atoms. The van der Waals surface area contributed by atoms with Crippen molar-refractivity contribution >= 4 is 25.1 Å². The lowest BCUT2D eigenvalue weighted by Gasteiger charge is -1.98. The molecule has 56 valence electrons. The number of rotatable bonds is 2. The summed E-state index contributed by atoms with van der Waals surface area (Å²) in [5.41, 5.74) is 1.35. The van der Waals surface area contributed by atoms with Crippen molar-refractivity contribution in [1.82, 2.24) is 0 Å².